The number of piperazine rings is 1. The van der Waals surface area contributed by atoms with Crippen LogP contribution >= 0.6 is 0 Å². The molecule has 0 unspecified atom stereocenters. The van der Waals surface area contributed by atoms with Crippen molar-refractivity contribution < 1.29 is 9.90 Å². The van der Waals surface area contributed by atoms with Crippen molar-refractivity contribution in [2.45, 2.75) is 6.54 Å². The first-order chi connectivity index (χ1) is 15.7. The molecule has 1 aliphatic heterocycles. The van der Waals surface area contributed by atoms with Gasteiger partial charge >= 0.3 is 5.97 Å². The molecule has 2 aromatic carbocycles. The number of rotatable bonds is 5. The molecule has 0 spiro atoms. The van der Waals surface area contributed by atoms with Crippen LogP contribution in [0, 0.1) is 0 Å². The summed E-state index contributed by atoms with van der Waals surface area (Å²) in [5.74, 6) is 0.0682. The van der Waals surface area contributed by atoms with Gasteiger partial charge in [-0.2, -0.15) is 0 Å². The summed E-state index contributed by atoms with van der Waals surface area (Å²) in [4.78, 5) is 26.4. The number of aromatic nitrogens is 2. The van der Waals surface area contributed by atoms with Crippen LogP contribution in [0.1, 0.15) is 15.9 Å². The highest BCUT2D eigenvalue weighted by molar-refractivity contribution is 6.05. The molecule has 0 atom stereocenters. The molecule has 0 aliphatic carbocycles. The van der Waals surface area contributed by atoms with Crippen molar-refractivity contribution in [1.82, 2.24) is 14.9 Å². The second-order valence-electron chi connectivity index (χ2n) is 7.95. The maximum Gasteiger partial charge on any atom is 0.336 e. The van der Waals surface area contributed by atoms with E-state index in [4.69, 9.17) is 4.98 Å². The summed E-state index contributed by atoms with van der Waals surface area (Å²) in [6.45, 7) is 3.90. The van der Waals surface area contributed by atoms with Gasteiger partial charge in [-0.1, -0.05) is 54.6 Å². The Kier molecular flexibility index (Phi) is 5.52. The SMILES string of the molecule is O=C(O)c1c(CN2CCN(c3ccccn3)CC2)c(-c2ccccc2)nc2ccccc12. The first-order valence-electron chi connectivity index (χ1n) is 10.8. The summed E-state index contributed by atoms with van der Waals surface area (Å²) < 4.78 is 0. The highest BCUT2D eigenvalue weighted by atomic mass is 16.4. The predicted octanol–water partition coefficient (Wildman–Crippen LogP) is 4.32. The lowest BCUT2D eigenvalue weighted by molar-refractivity contribution is 0.0696. The maximum absolute atomic E-state index is 12.4. The minimum Gasteiger partial charge on any atom is -0.478 e. The molecule has 2 aromatic heterocycles. The van der Waals surface area contributed by atoms with E-state index in [2.05, 4.69) is 14.8 Å². The third kappa shape index (κ3) is 3.92. The Labute approximate surface area is 186 Å². The second-order valence-corrected chi connectivity index (χ2v) is 7.95. The number of carbonyl (C=O) groups is 1. The molecular formula is C26H24N4O2. The van der Waals surface area contributed by atoms with Crippen LogP contribution < -0.4 is 4.90 Å². The zero-order chi connectivity index (χ0) is 21.9. The van der Waals surface area contributed by atoms with E-state index in [9.17, 15) is 9.90 Å². The van der Waals surface area contributed by atoms with Gasteiger partial charge in [0.2, 0.25) is 0 Å². The number of benzene rings is 2. The van der Waals surface area contributed by atoms with Crippen LogP contribution in [0.5, 0.6) is 0 Å². The number of anilines is 1. The monoisotopic (exact) mass is 424 g/mol. The number of carboxylic acids is 1. The Hall–Kier alpha value is -3.77. The number of fused-ring (bicyclic) bond motifs is 1. The van der Waals surface area contributed by atoms with Gasteiger partial charge in [-0.05, 0) is 18.2 Å². The van der Waals surface area contributed by atoms with Gasteiger partial charge in [0.15, 0.2) is 0 Å². The summed E-state index contributed by atoms with van der Waals surface area (Å²) in [6, 6.07) is 23.3. The lowest BCUT2D eigenvalue weighted by Crippen LogP contribution is -2.46. The van der Waals surface area contributed by atoms with Gasteiger partial charge in [-0.15, -0.1) is 0 Å². The van der Waals surface area contributed by atoms with Crippen LogP contribution in [0.4, 0.5) is 5.82 Å². The van der Waals surface area contributed by atoms with Crippen LogP contribution in [0.3, 0.4) is 0 Å². The molecule has 0 bridgehead atoms. The standard InChI is InChI=1S/C26H24N4O2/c31-26(32)24-20-10-4-5-11-22(20)28-25(19-8-2-1-3-9-19)21(24)18-29-14-16-30(17-15-29)23-12-6-7-13-27-23/h1-13H,14-18H2,(H,31,32). The molecule has 5 rings (SSSR count). The van der Waals surface area contributed by atoms with Crippen LogP contribution in [-0.2, 0) is 6.54 Å². The smallest absolute Gasteiger partial charge is 0.336 e. The minimum atomic E-state index is -0.914. The Bertz CT molecular complexity index is 1240. The van der Waals surface area contributed by atoms with Crippen molar-refractivity contribution in [3.05, 3.63) is 90.1 Å². The predicted molar refractivity (Wildman–Crippen MR) is 126 cm³/mol. The molecule has 0 saturated carbocycles. The van der Waals surface area contributed by atoms with Gasteiger partial charge in [0.1, 0.15) is 5.82 Å². The Morgan fingerprint density at radius 1 is 0.875 bits per heavy atom. The van der Waals surface area contributed by atoms with Gasteiger partial charge in [-0.25, -0.2) is 14.8 Å². The minimum absolute atomic E-state index is 0.349. The average molecular weight is 425 g/mol. The van der Waals surface area contributed by atoms with E-state index in [0.717, 1.165) is 48.8 Å². The zero-order valence-corrected chi connectivity index (χ0v) is 17.7. The van der Waals surface area contributed by atoms with Gasteiger partial charge in [0.25, 0.3) is 0 Å². The van der Waals surface area contributed by atoms with Crippen molar-refractivity contribution in [1.29, 1.82) is 0 Å². The molecule has 1 aliphatic rings. The Morgan fingerprint density at radius 2 is 1.59 bits per heavy atom. The zero-order valence-electron chi connectivity index (χ0n) is 17.7. The fourth-order valence-electron chi connectivity index (χ4n) is 4.38. The second kappa shape index (κ2) is 8.77. The normalized spacial score (nSPS) is 14.6. The van der Waals surface area contributed by atoms with Gasteiger partial charge in [0, 0.05) is 55.4 Å². The van der Waals surface area contributed by atoms with E-state index in [1.807, 2.05) is 79.0 Å². The Balaban J connectivity index is 1.51. The van der Waals surface area contributed by atoms with Gasteiger partial charge < -0.3 is 10.0 Å². The van der Waals surface area contributed by atoms with Gasteiger partial charge in [0.05, 0.1) is 16.8 Å². The molecule has 6 heteroatoms. The fraction of sp³-hybridized carbons (Fsp3) is 0.192. The van der Waals surface area contributed by atoms with E-state index >= 15 is 0 Å². The van der Waals surface area contributed by atoms with Crippen LogP contribution in [0.25, 0.3) is 22.2 Å². The number of aromatic carboxylic acids is 1. The number of nitrogens with zero attached hydrogens (tertiary/aromatic N) is 4. The lowest BCUT2D eigenvalue weighted by Gasteiger charge is -2.35. The number of carboxylic acid groups (broad SMARTS) is 1. The molecule has 0 radical (unpaired) electrons. The van der Waals surface area contributed by atoms with Crippen LogP contribution in [0.15, 0.2) is 79.0 Å². The molecule has 32 heavy (non-hydrogen) atoms. The number of pyridine rings is 2. The van der Waals surface area contributed by atoms with Crippen molar-refractivity contribution in [2.24, 2.45) is 0 Å². The fourth-order valence-corrected chi connectivity index (χ4v) is 4.38. The summed E-state index contributed by atoms with van der Waals surface area (Å²) in [7, 11) is 0. The highest BCUT2D eigenvalue weighted by Crippen LogP contribution is 2.31. The third-order valence-electron chi connectivity index (χ3n) is 5.98. The number of para-hydroxylation sites is 1. The van der Waals surface area contributed by atoms with Crippen LogP contribution in [0.2, 0.25) is 0 Å². The molecule has 3 heterocycles. The molecular weight excluding hydrogens is 400 g/mol. The van der Waals surface area contributed by atoms with E-state index < -0.39 is 5.97 Å². The van der Waals surface area contributed by atoms with Gasteiger partial charge in [-0.3, -0.25) is 4.90 Å². The maximum atomic E-state index is 12.4. The molecule has 160 valence electrons. The quantitative estimate of drug-likeness (QED) is 0.515. The topological polar surface area (TPSA) is 69.6 Å². The van der Waals surface area contributed by atoms with Crippen molar-refractivity contribution in [2.75, 3.05) is 31.1 Å². The van der Waals surface area contributed by atoms with E-state index in [1.54, 1.807) is 0 Å². The molecule has 6 nitrogen and oxygen atoms in total. The molecule has 0 amide bonds. The van der Waals surface area contributed by atoms with Crippen molar-refractivity contribution in [3.63, 3.8) is 0 Å². The average Bonchev–Trinajstić information content (AvgIpc) is 2.85. The molecule has 1 fully saturated rings. The number of hydrogen-bond acceptors (Lipinski definition) is 5. The lowest BCUT2D eigenvalue weighted by atomic mass is 9.96. The third-order valence-corrected chi connectivity index (χ3v) is 5.98. The summed E-state index contributed by atoms with van der Waals surface area (Å²) >= 11 is 0. The van der Waals surface area contributed by atoms with Crippen molar-refractivity contribution >= 4 is 22.7 Å². The summed E-state index contributed by atoms with van der Waals surface area (Å²) in [5, 5.41) is 10.9. The van der Waals surface area contributed by atoms with E-state index in [0.29, 0.717) is 23.0 Å². The van der Waals surface area contributed by atoms with Crippen LogP contribution in [-0.4, -0.2) is 52.1 Å². The Morgan fingerprint density at radius 3 is 2.31 bits per heavy atom. The summed E-state index contributed by atoms with van der Waals surface area (Å²) in [5.41, 5.74) is 3.50. The summed E-state index contributed by atoms with van der Waals surface area (Å²) in [6.07, 6.45) is 1.81. The highest BCUT2D eigenvalue weighted by Gasteiger charge is 2.25. The van der Waals surface area contributed by atoms with E-state index in [1.165, 1.54) is 0 Å². The van der Waals surface area contributed by atoms with Crippen molar-refractivity contribution in [3.8, 4) is 11.3 Å². The molecule has 1 saturated heterocycles. The molecule has 1 N–H and O–H groups in total. The van der Waals surface area contributed by atoms with E-state index in [-0.39, 0.29) is 0 Å². The number of hydrogen-bond donors (Lipinski definition) is 1. The first kappa shape index (κ1) is 20.2. The molecule has 4 aromatic rings. The first-order valence-corrected chi connectivity index (χ1v) is 10.8. The largest absolute Gasteiger partial charge is 0.478 e.